The number of imidazole rings is 2. The lowest BCUT2D eigenvalue weighted by atomic mass is 10.3. The smallest absolute Gasteiger partial charge is 0.358 e. The van der Waals surface area contributed by atoms with Gasteiger partial charge in [-0.1, -0.05) is 20.6 Å². The van der Waals surface area contributed by atoms with Gasteiger partial charge >= 0.3 is 11.9 Å². The highest BCUT2D eigenvalue weighted by atomic mass is 35.5. The third kappa shape index (κ3) is 15.4. The average molecular weight is 555 g/mol. The number of carbonyl (C=O) groups is 4. The molecule has 0 aliphatic heterocycles. The van der Waals surface area contributed by atoms with Gasteiger partial charge in [-0.3, -0.25) is 9.59 Å². The number of hydrogen-bond acceptors (Lipinski definition) is 9. The maximum atomic E-state index is 11.3. The first-order chi connectivity index (χ1) is 17.5. The number of halogens is 1. The van der Waals surface area contributed by atoms with Gasteiger partial charge in [0.15, 0.2) is 11.4 Å². The van der Waals surface area contributed by atoms with Crippen LogP contribution in [0, 0.1) is 0 Å². The van der Waals surface area contributed by atoms with Gasteiger partial charge in [-0.2, -0.15) is 0 Å². The second-order valence-corrected chi connectivity index (χ2v) is 7.66. The van der Waals surface area contributed by atoms with Crippen molar-refractivity contribution in [3.8, 4) is 0 Å². The molecule has 212 valence electrons. The van der Waals surface area contributed by atoms with E-state index in [0.717, 1.165) is 0 Å². The molecule has 0 aliphatic carbocycles. The maximum Gasteiger partial charge on any atom is 0.358 e. The fourth-order valence-electron chi connectivity index (χ4n) is 2.18. The Morgan fingerprint density at radius 3 is 1.68 bits per heavy atom. The van der Waals surface area contributed by atoms with Crippen LogP contribution in [0.15, 0.2) is 49.4 Å². The largest absolute Gasteiger partial charge is 0.461 e. The third-order valence-corrected chi connectivity index (χ3v) is 4.32. The first-order valence-electron chi connectivity index (χ1n) is 11.3. The predicted molar refractivity (Wildman–Crippen MR) is 146 cm³/mol. The molecule has 13 heteroatoms. The molecule has 2 aromatic rings. The monoisotopic (exact) mass is 554 g/mol. The number of esters is 2. The highest BCUT2D eigenvalue weighted by Gasteiger charge is 2.10. The molecule has 0 unspecified atom stereocenters. The molecule has 2 aromatic heterocycles. The van der Waals surface area contributed by atoms with Crippen LogP contribution in [-0.4, -0.2) is 68.5 Å². The molecule has 0 atom stereocenters. The normalized spacial score (nSPS) is 9.32. The fraction of sp³-hybridized carbons (Fsp3) is 0.440. The lowest BCUT2D eigenvalue weighted by Gasteiger charge is -2.04. The van der Waals surface area contributed by atoms with E-state index in [0.29, 0.717) is 56.2 Å². The molecule has 2 heterocycles. The number of aromatic nitrogens is 4. The molecule has 0 saturated heterocycles. The number of nitrogens with one attached hydrogen (secondary N) is 1. The van der Waals surface area contributed by atoms with Crippen LogP contribution in [0.5, 0.6) is 0 Å². The van der Waals surface area contributed by atoms with E-state index in [-0.39, 0.29) is 19.0 Å². The zero-order valence-corrected chi connectivity index (χ0v) is 22.4. The Balaban J connectivity index is 0. The second-order valence-electron chi connectivity index (χ2n) is 7.31. The molecule has 0 saturated carbocycles. The van der Waals surface area contributed by atoms with Crippen molar-refractivity contribution >= 4 is 34.7 Å². The van der Waals surface area contributed by atoms with Crippen molar-refractivity contribution in [3.05, 3.63) is 60.7 Å². The number of hydrogen-bond donors (Lipinski definition) is 2. The Morgan fingerprint density at radius 2 is 1.34 bits per heavy atom. The van der Waals surface area contributed by atoms with Gasteiger partial charge in [-0.15, -0.1) is 0 Å². The topological polar surface area (TPSA) is 160 Å². The second kappa shape index (κ2) is 20.3. The van der Waals surface area contributed by atoms with Crippen molar-refractivity contribution in [1.29, 1.82) is 0 Å². The van der Waals surface area contributed by atoms with Crippen LogP contribution in [0.2, 0.25) is 0 Å². The van der Waals surface area contributed by atoms with Gasteiger partial charge in [-0.25, -0.2) is 19.6 Å². The van der Waals surface area contributed by atoms with E-state index in [2.05, 4.69) is 28.4 Å². The Kier molecular flexibility index (Phi) is 19.4. The molecule has 2 rings (SSSR count). The van der Waals surface area contributed by atoms with Gasteiger partial charge in [0, 0.05) is 49.7 Å². The molecule has 0 bridgehead atoms. The number of rotatable bonds is 11. The average Bonchev–Trinajstić information content (AvgIpc) is 3.50. The Bertz CT molecular complexity index is 1050. The zero-order valence-electron chi connectivity index (χ0n) is 21.7. The number of allylic oxidation sites excluding steroid dienone is 1. The Morgan fingerprint density at radius 1 is 0.921 bits per heavy atom. The van der Waals surface area contributed by atoms with E-state index in [1.165, 1.54) is 6.33 Å². The summed E-state index contributed by atoms with van der Waals surface area (Å²) in [5, 5.41) is 2.23. The molecular weight excluding hydrogens is 516 g/mol. The first-order valence-corrected chi connectivity index (χ1v) is 11.7. The summed E-state index contributed by atoms with van der Waals surface area (Å²) in [4.78, 5) is 51.3. The highest BCUT2D eigenvalue weighted by molar-refractivity contribution is 6.67. The summed E-state index contributed by atoms with van der Waals surface area (Å²) in [7, 11) is 0. The molecule has 38 heavy (non-hydrogen) atoms. The fourth-order valence-corrected chi connectivity index (χ4v) is 2.18. The summed E-state index contributed by atoms with van der Waals surface area (Å²) in [6, 6.07) is 0. The summed E-state index contributed by atoms with van der Waals surface area (Å²) in [5.74, 6) is -1.01. The summed E-state index contributed by atoms with van der Waals surface area (Å²) < 4.78 is 13.1. The quantitative estimate of drug-likeness (QED) is 0.242. The lowest BCUT2D eigenvalue weighted by molar-refractivity contribution is -0.117. The molecule has 0 spiro atoms. The molecule has 0 radical (unpaired) electrons. The number of nitrogens with two attached hydrogens (primary N) is 1. The number of ether oxygens (including phenoxy) is 2. The van der Waals surface area contributed by atoms with Gasteiger partial charge in [0.1, 0.15) is 0 Å². The van der Waals surface area contributed by atoms with Crippen molar-refractivity contribution in [2.24, 2.45) is 5.73 Å². The SMILES string of the molecule is C.C=C(C)C(=O)Cl.C=C(C)C(=O)NCCn1cnc(C(=O)OCC)c1.CCOC(=O)c1cn(CCN)cn1. The van der Waals surface area contributed by atoms with Crippen LogP contribution in [0.1, 0.15) is 56.1 Å². The van der Waals surface area contributed by atoms with Crippen LogP contribution in [0.3, 0.4) is 0 Å². The van der Waals surface area contributed by atoms with E-state index in [1.807, 2.05) is 0 Å². The van der Waals surface area contributed by atoms with E-state index >= 15 is 0 Å². The Labute approximate surface area is 228 Å². The van der Waals surface area contributed by atoms with E-state index < -0.39 is 17.2 Å². The molecule has 0 fully saturated rings. The Hall–Kier alpha value is -3.77. The molecule has 3 N–H and O–H groups in total. The van der Waals surface area contributed by atoms with Gasteiger partial charge in [0.05, 0.1) is 25.9 Å². The van der Waals surface area contributed by atoms with E-state index in [9.17, 15) is 19.2 Å². The third-order valence-electron chi connectivity index (χ3n) is 4.00. The van der Waals surface area contributed by atoms with Crippen molar-refractivity contribution in [1.82, 2.24) is 24.4 Å². The van der Waals surface area contributed by atoms with Gasteiger partial charge in [0.2, 0.25) is 11.1 Å². The summed E-state index contributed by atoms with van der Waals surface area (Å²) in [6.45, 7) is 16.4. The molecule has 0 aliphatic rings. The van der Waals surface area contributed by atoms with Crippen molar-refractivity contribution < 1.29 is 28.7 Å². The summed E-state index contributed by atoms with van der Waals surface area (Å²) in [5.41, 5.74) is 6.79. The standard InChI is InChI=1S/C12H17N3O3.C8H13N3O2.C4H5ClO.CH4/c1-4-18-12(17)10-7-15(8-14-10)6-5-13-11(16)9(2)3;1-2-13-8(12)7-5-11(4-3-9)6-10-7;1-3(2)4(5)6;/h7-8H,2,4-6H2,1,3H3,(H,13,16);5-6H,2-4,9H2,1H3;1H2,2H3;1H4. The molecular formula is C25H39ClN6O6. The van der Waals surface area contributed by atoms with Crippen LogP contribution in [0.25, 0.3) is 0 Å². The lowest BCUT2D eigenvalue weighted by Crippen LogP contribution is -2.27. The number of nitrogens with zero attached hydrogens (tertiary/aromatic N) is 4. The summed E-state index contributed by atoms with van der Waals surface area (Å²) in [6.07, 6.45) is 6.31. The van der Waals surface area contributed by atoms with Crippen LogP contribution in [-0.2, 0) is 32.2 Å². The first kappa shape index (κ1) is 36.4. The molecule has 0 aromatic carbocycles. The van der Waals surface area contributed by atoms with Crippen molar-refractivity contribution in [2.45, 2.75) is 48.2 Å². The van der Waals surface area contributed by atoms with Crippen LogP contribution < -0.4 is 11.1 Å². The molecule has 1 amide bonds. The van der Waals surface area contributed by atoms with E-state index in [4.69, 9.17) is 26.8 Å². The van der Waals surface area contributed by atoms with Gasteiger partial charge < -0.3 is 29.7 Å². The number of carbonyl (C=O) groups excluding carboxylic acids is 4. The minimum atomic E-state index is -0.463. The van der Waals surface area contributed by atoms with Crippen molar-refractivity contribution in [2.75, 3.05) is 26.3 Å². The minimum Gasteiger partial charge on any atom is -0.461 e. The summed E-state index contributed by atoms with van der Waals surface area (Å²) >= 11 is 4.87. The minimum absolute atomic E-state index is 0. The molecule has 12 nitrogen and oxygen atoms in total. The van der Waals surface area contributed by atoms with Crippen LogP contribution >= 0.6 is 11.6 Å². The van der Waals surface area contributed by atoms with Crippen molar-refractivity contribution in [3.63, 3.8) is 0 Å². The highest BCUT2D eigenvalue weighted by Crippen LogP contribution is 1.99. The number of amides is 1. The van der Waals surface area contributed by atoms with Gasteiger partial charge in [-0.05, 0) is 39.3 Å². The van der Waals surface area contributed by atoms with Gasteiger partial charge in [0.25, 0.3) is 0 Å². The zero-order chi connectivity index (χ0) is 28.4. The van der Waals surface area contributed by atoms with Crippen LogP contribution in [0.4, 0.5) is 0 Å². The van der Waals surface area contributed by atoms with E-state index in [1.54, 1.807) is 55.6 Å². The maximum absolute atomic E-state index is 11.3. The predicted octanol–water partition coefficient (Wildman–Crippen LogP) is 2.73.